The first-order valence-electron chi connectivity index (χ1n) is 29.2. The second kappa shape index (κ2) is 50.3. The first-order chi connectivity index (χ1) is 35.2. The van der Waals surface area contributed by atoms with E-state index in [4.69, 9.17) is 14.2 Å². The number of hydrogen-bond acceptors (Lipinski definition) is 10. The smallest absolute Gasteiger partial charge is 0.305 e. The van der Waals surface area contributed by atoms with Crippen LogP contribution in [0, 0.1) is 0 Å². The number of hydrogen-bond donors (Lipinski definition) is 6. The quantitative estimate of drug-likeness (QED) is 0.0195. The van der Waals surface area contributed by atoms with Crippen LogP contribution in [0.15, 0.2) is 72.9 Å². The van der Waals surface area contributed by atoms with Gasteiger partial charge in [0.15, 0.2) is 6.29 Å². The van der Waals surface area contributed by atoms with Crippen LogP contribution >= 0.6 is 0 Å². The molecule has 1 heterocycles. The Bertz CT molecular complexity index is 1430. The first kappa shape index (κ1) is 67.1. The number of nitrogens with one attached hydrogen (secondary N) is 1. The molecule has 6 N–H and O–H groups in total. The van der Waals surface area contributed by atoms with Gasteiger partial charge in [-0.2, -0.15) is 0 Å². The highest BCUT2D eigenvalue weighted by atomic mass is 16.7. The molecule has 0 bridgehead atoms. The number of ether oxygens (including phenoxy) is 3. The number of amides is 1. The maximum atomic E-state index is 13.0. The third kappa shape index (κ3) is 39.5. The summed E-state index contributed by atoms with van der Waals surface area (Å²) in [5.41, 5.74) is 0. The van der Waals surface area contributed by atoms with E-state index in [2.05, 4.69) is 66.9 Å². The van der Waals surface area contributed by atoms with Crippen molar-refractivity contribution in [3.63, 3.8) is 0 Å². The average Bonchev–Trinajstić information content (AvgIpc) is 3.38. The van der Waals surface area contributed by atoms with E-state index in [1.165, 1.54) is 116 Å². The third-order valence-corrected chi connectivity index (χ3v) is 13.3. The molecule has 0 aromatic carbocycles. The highest BCUT2D eigenvalue weighted by Gasteiger charge is 2.44. The molecule has 0 aliphatic carbocycles. The van der Waals surface area contributed by atoms with E-state index >= 15 is 0 Å². The number of rotatable bonds is 49. The molecule has 1 aliphatic heterocycles. The Hall–Kier alpha value is -2.90. The molecule has 7 atom stereocenters. The lowest BCUT2D eigenvalue weighted by Gasteiger charge is -2.40. The zero-order valence-electron chi connectivity index (χ0n) is 45.6. The summed E-state index contributed by atoms with van der Waals surface area (Å²) in [4.78, 5) is 25.0. The zero-order chi connectivity index (χ0) is 52.4. The first-order valence-corrected chi connectivity index (χ1v) is 29.2. The van der Waals surface area contributed by atoms with Crippen LogP contribution in [0.4, 0.5) is 0 Å². The Labute approximate surface area is 439 Å². The standard InChI is InChI=1S/C61H107NO10/c1-3-5-7-9-11-13-14-29-33-37-41-45-49-57(66)70-50-46-42-38-34-30-27-25-23-21-19-17-15-16-18-20-22-24-26-28-32-36-40-44-48-56(65)62-53(54(64)47-43-39-35-31-12-10-8-6-4-2)52-71-61-60(69)59(68)58(67)55(51-63)72-61/h4,6,11-13,15,17-18,20,31,43,47,53-55,58-61,63-64,67-69H,3,5,7-10,14,16,19,21-30,32-42,44-46,48-52H2,1-2H3,(H,62,65)/b6-4+,13-11-,17-15-,20-18-,31-12+,47-43+. The number of carbonyl (C=O) groups is 2. The van der Waals surface area contributed by atoms with Crippen LogP contribution in [-0.4, -0.2) is 100 Å². The van der Waals surface area contributed by atoms with E-state index in [9.17, 15) is 35.1 Å². The van der Waals surface area contributed by atoms with E-state index in [0.29, 0.717) is 25.9 Å². The highest BCUT2D eigenvalue weighted by Crippen LogP contribution is 2.23. The maximum Gasteiger partial charge on any atom is 0.305 e. The summed E-state index contributed by atoms with van der Waals surface area (Å²) in [6.07, 6.45) is 56.0. The van der Waals surface area contributed by atoms with E-state index in [-0.39, 0.29) is 18.5 Å². The number of esters is 1. The number of aliphatic hydroxyl groups excluding tert-OH is 5. The molecule has 416 valence electrons. The Morgan fingerprint density at radius 3 is 1.54 bits per heavy atom. The van der Waals surface area contributed by atoms with Crippen molar-refractivity contribution in [3.05, 3.63) is 72.9 Å². The molecule has 72 heavy (non-hydrogen) atoms. The Balaban J connectivity index is 2.05. The van der Waals surface area contributed by atoms with Gasteiger partial charge < -0.3 is 45.1 Å². The van der Waals surface area contributed by atoms with E-state index in [1.807, 2.05) is 19.1 Å². The second-order valence-corrected chi connectivity index (χ2v) is 20.0. The summed E-state index contributed by atoms with van der Waals surface area (Å²) in [6, 6.07) is -0.842. The summed E-state index contributed by atoms with van der Waals surface area (Å²) in [7, 11) is 0. The number of unbranched alkanes of at least 4 members (excludes halogenated alkanes) is 26. The van der Waals surface area contributed by atoms with Crippen LogP contribution in [0.5, 0.6) is 0 Å². The van der Waals surface area contributed by atoms with Crippen molar-refractivity contribution < 1.29 is 49.3 Å². The molecule has 0 radical (unpaired) electrons. The number of aliphatic hydroxyl groups is 5. The van der Waals surface area contributed by atoms with Gasteiger partial charge in [0.2, 0.25) is 5.91 Å². The molecule has 1 saturated heterocycles. The fourth-order valence-electron chi connectivity index (χ4n) is 8.67. The fourth-order valence-corrected chi connectivity index (χ4v) is 8.67. The molecule has 0 aromatic heterocycles. The lowest BCUT2D eigenvalue weighted by Crippen LogP contribution is -2.60. The van der Waals surface area contributed by atoms with Crippen LogP contribution in [0.25, 0.3) is 0 Å². The summed E-state index contributed by atoms with van der Waals surface area (Å²) in [5, 5.41) is 54.1. The predicted octanol–water partition coefficient (Wildman–Crippen LogP) is 13.2. The van der Waals surface area contributed by atoms with Crippen LogP contribution in [0.1, 0.15) is 239 Å². The average molecular weight is 1010 g/mol. The van der Waals surface area contributed by atoms with E-state index < -0.39 is 49.5 Å². The Morgan fingerprint density at radius 1 is 0.542 bits per heavy atom. The van der Waals surface area contributed by atoms with Crippen LogP contribution in [0.3, 0.4) is 0 Å². The van der Waals surface area contributed by atoms with Crippen LogP contribution in [0.2, 0.25) is 0 Å². The lowest BCUT2D eigenvalue weighted by atomic mass is 9.99. The second-order valence-electron chi connectivity index (χ2n) is 20.0. The summed E-state index contributed by atoms with van der Waals surface area (Å²) in [6.45, 7) is 4.03. The van der Waals surface area contributed by atoms with Gasteiger partial charge in [-0.3, -0.25) is 9.59 Å². The molecule has 1 aliphatic rings. The van der Waals surface area contributed by atoms with Gasteiger partial charge in [-0.25, -0.2) is 0 Å². The Kier molecular flexibility index (Phi) is 46.9. The number of carbonyl (C=O) groups excluding carboxylic acids is 2. The molecule has 11 heteroatoms. The molecule has 0 aromatic rings. The monoisotopic (exact) mass is 1010 g/mol. The van der Waals surface area contributed by atoms with Crippen molar-refractivity contribution in [2.24, 2.45) is 0 Å². The molecule has 11 nitrogen and oxygen atoms in total. The van der Waals surface area contributed by atoms with Gasteiger partial charge in [0.05, 0.1) is 32.0 Å². The zero-order valence-corrected chi connectivity index (χ0v) is 45.6. The van der Waals surface area contributed by atoms with Crippen LogP contribution < -0.4 is 5.32 Å². The molecule has 1 amide bonds. The van der Waals surface area contributed by atoms with Crippen molar-refractivity contribution in [2.45, 2.75) is 281 Å². The number of allylic oxidation sites excluding steroid dienone is 11. The lowest BCUT2D eigenvalue weighted by molar-refractivity contribution is -0.302. The topological polar surface area (TPSA) is 175 Å². The normalized spacial score (nSPS) is 19.6. The van der Waals surface area contributed by atoms with Crippen molar-refractivity contribution >= 4 is 11.9 Å². The third-order valence-electron chi connectivity index (χ3n) is 13.3. The van der Waals surface area contributed by atoms with Crippen molar-refractivity contribution in [1.82, 2.24) is 5.32 Å². The van der Waals surface area contributed by atoms with Crippen molar-refractivity contribution in [1.29, 1.82) is 0 Å². The SMILES string of the molecule is C/C=C/CC/C=C/CC/C=C/C(O)C(COC1OC(CO)C(O)C(O)C1O)NC(=O)CCCCCCCCC/C=C\C/C=C\CCCCCCCCCCCOC(=O)CCCCCCC/C=C\CCCCC. The Morgan fingerprint density at radius 2 is 1.00 bits per heavy atom. The minimum atomic E-state index is -1.58. The largest absolute Gasteiger partial charge is 0.466 e. The van der Waals surface area contributed by atoms with E-state index in [0.717, 1.165) is 89.9 Å². The molecule has 7 unspecified atom stereocenters. The molecular weight excluding hydrogens is 907 g/mol. The van der Waals surface area contributed by atoms with Gasteiger partial charge in [0.1, 0.15) is 24.4 Å². The molecular formula is C61H107NO10. The van der Waals surface area contributed by atoms with Gasteiger partial charge in [0, 0.05) is 12.8 Å². The summed E-state index contributed by atoms with van der Waals surface area (Å²) >= 11 is 0. The molecule has 1 rings (SSSR count). The summed E-state index contributed by atoms with van der Waals surface area (Å²) < 4.78 is 16.6. The van der Waals surface area contributed by atoms with Crippen LogP contribution in [-0.2, 0) is 23.8 Å². The van der Waals surface area contributed by atoms with Gasteiger partial charge in [-0.05, 0) is 110 Å². The van der Waals surface area contributed by atoms with Gasteiger partial charge in [-0.1, -0.05) is 189 Å². The molecule has 0 saturated carbocycles. The van der Waals surface area contributed by atoms with Gasteiger partial charge >= 0.3 is 5.97 Å². The predicted molar refractivity (Wildman–Crippen MR) is 296 cm³/mol. The minimum Gasteiger partial charge on any atom is -0.466 e. The van der Waals surface area contributed by atoms with Gasteiger partial charge in [-0.15, -0.1) is 0 Å². The fraction of sp³-hybridized carbons (Fsp3) is 0.770. The molecule has 1 fully saturated rings. The minimum absolute atomic E-state index is 0.0169. The maximum absolute atomic E-state index is 13.0. The highest BCUT2D eigenvalue weighted by molar-refractivity contribution is 5.76. The van der Waals surface area contributed by atoms with Crippen molar-refractivity contribution in [2.75, 3.05) is 19.8 Å². The van der Waals surface area contributed by atoms with Gasteiger partial charge in [0.25, 0.3) is 0 Å². The molecule has 0 spiro atoms. The summed E-state index contributed by atoms with van der Waals surface area (Å²) in [5.74, 6) is -0.229. The van der Waals surface area contributed by atoms with E-state index in [1.54, 1.807) is 6.08 Å². The van der Waals surface area contributed by atoms with Crippen molar-refractivity contribution in [3.8, 4) is 0 Å².